The Bertz CT molecular complexity index is 1160. The molecule has 3 fully saturated rings. The van der Waals surface area contributed by atoms with Crippen molar-refractivity contribution in [1.82, 2.24) is 15.3 Å². The summed E-state index contributed by atoms with van der Waals surface area (Å²) in [6.45, 7) is 2.91. The van der Waals surface area contributed by atoms with Gasteiger partial charge in [0.1, 0.15) is 6.04 Å². The summed E-state index contributed by atoms with van der Waals surface area (Å²) in [6.07, 6.45) is 2.18. The first-order valence-corrected chi connectivity index (χ1v) is 14.3. The number of benzene rings is 2. The number of rotatable bonds is 6. The molecule has 38 heavy (non-hydrogen) atoms. The third kappa shape index (κ3) is 6.36. The zero-order chi connectivity index (χ0) is 26.6. The van der Waals surface area contributed by atoms with Crippen molar-refractivity contribution >= 4 is 52.0 Å². The fraction of sp³-hybridized carbons (Fsp3) is 0.444. The quantitative estimate of drug-likeness (QED) is 0.538. The van der Waals surface area contributed by atoms with Gasteiger partial charge in [0.2, 0.25) is 5.91 Å². The molecule has 0 aromatic heterocycles. The average Bonchev–Trinajstić information content (AvgIpc) is 3.59. The van der Waals surface area contributed by atoms with Gasteiger partial charge in [0.25, 0.3) is 5.24 Å². The summed E-state index contributed by atoms with van der Waals surface area (Å²) < 4.78 is 0. The van der Waals surface area contributed by atoms with Crippen molar-refractivity contribution in [2.24, 2.45) is 0 Å². The van der Waals surface area contributed by atoms with Crippen LogP contribution in [0.5, 0.6) is 0 Å². The van der Waals surface area contributed by atoms with Gasteiger partial charge in [-0.25, -0.2) is 4.79 Å². The fourth-order valence-electron chi connectivity index (χ4n) is 5.26. The lowest BCUT2D eigenvalue weighted by molar-refractivity contribution is -0.132. The number of anilines is 2. The van der Waals surface area contributed by atoms with E-state index >= 15 is 0 Å². The Morgan fingerprint density at radius 2 is 1.76 bits per heavy atom. The molecule has 0 saturated carbocycles. The summed E-state index contributed by atoms with van der Waals surface area (Å²) in [5.74, 6) is 0.882. The third-order valence-electron chi connectivity index (χ3n) is 7.52. The molecule has 202 valence electrons. The highest BCUT2D eigenvalue weighted by molar-refractivity contribution is 8.14. The maximum atomic E-state index is 12.7. The van der Waals surface area contributed by atoms with Crippen LogP contribution in [0.4, 0.5) is 21.0 Å². The molecule has 5 rings (SSSR count). The number of piperidine rings is 1. The molecule has 9 nitrogen and oxygen atoms in total. The topological polar surface area (TPSA) is 94.2 Å². The van der Waals surface area contributed by atoms with Gasteiger partial charge in [-0.3, -0.25) is 14.9 Å². The van der Waals surface area contributed by atoms with Crippen LogP contribution in [0.3, 0.4) is 0 Å². The van der Waals surface area contributed by atoms with Crippen LogP contribution in [0.2, 0.25) is 5.02 Å². The number of hydrogen-bond acceptors (Lipinski definition) is 7. The minimum Gasteiger partial charge on any atom is -0.369 e. The predicted molar refractivity (Wildman–Crippen MR) is 150 cm³/mol. The summed E-state index contributed by atoms with van der Waals surface area (Å²) in [7, 11) is 1.81. The van der Waals surface area contributed by atoms with Gasteiger partial charge in [-0.1, -0.05) is 35.5 Å². The minimum absolute atomic E-state index is 0.0394. The van der Waals surface area contributed by atoms with E-state index in [0.717, 1.165) is 54.8 Å². The van der Waals surface area contributed by atoms with E-state index in [2.05, 4.69) is 27.7 Å². The van der Waals surface area contributed by atoms with Crippen LogP contribution in [0.15, 0.2) is 48.5 Å². The molecular formula is C27H32ClN5O4S. The largest absolute Gasteiger partial charge is 0.430 e. The van der Waals surface area contributed by atoms with Crippen LogP contribution >= 0.6 is 23.4 Å². The van der Waals surface area contributed by atoms with Gasteiger partial charge < -0.3 is 20.0 Å². The van der Waals surface area contributed by atoms with Gasteiger partial charge in [-0.2, -0.15) is 0 Å². The van der Waals surface area contributed by atoms with Crippen molar-refractivity contribution in [2.45, 2.75) is 37.3 Å². The van der Waals surface area contributed by atoms with Gasteiger partial charge >= 0.3 is 6.09 Å². The number of hydrogen-bond donors (Lipinski definition) is 2. The van der Waals surface area contributed by atoms with Gasteiger partial charge in [0.05, 0.1) is 6.04 Å². The third-order valence-corrected chi connectivity index (χ3v) is 8.65. The Morgan fingerprint density at radius 3 is 2.42 bits per heavy atom. The number of halogens is 1. The molecule has 2 N–H and O–H groups in total. The number of likely N-dealkylation sites (N-methyl/N-ethyl adjacent to an activating group) is 1. The maximum absolute atomic E-state index is 12.7. The second-order valence-electron chi connectivity index (χ2n) is 9.94. The van der Waals surface area contributed by atoms with E-state index in [1.807, 2.05) is 43.4 Å². The van der Waals surface area contributed by atoms with Crippen LogP contribution in [-0.4, -0.2) is 78.3 Å². The molecule has 3 saturated heterocycles. The molecule has 2 aromatic rings. The summed E-state index contributed by atoms with van der Waals surface area (Å²) in [5, 5.41) is 7.85. The molecule has 0 spiro atoms. The van der Waals surface area contributed by atoms with Crippen molar-refractivity contribution < 1.29 is 19.2 Å². The number of hydroxylamine groups is 2. The summed E-state index contributed by atoms with van der Waals surface area (Å²) in [4.78, 5) is 46.1. The average molecular weight is 558 g/mol. The number of carbonyl (C=O) groups excluding carboxylic acids is 3. The van der Waals surface area contributed by atoms with Gasteiger partial charge in [-0.05, 0) is 67.1 Å². The molecule has 3 amide bonds. The Hall–Kier alpha value is -2.95. The molecule has 3 aliphatic rings. The summed E-state index contributed by atoms with van der Waals surface area (Å²) >= 11 is 7.14. The molecule has 2 unspecified atom stereocenters. The smallest absolute Gasteiger partial charge is 0.369 e. The van der Waals surface area contributed by atoms with Crippen molar-refractivity contribution in [3.05, 3.63) is 59.1 Å². The second-order valence-corrected chi connectivity index (χ2v) is 11.4. The van der Waals surface area contributed by atoms with Crippen molar-refractivity contribution in [1.29, 1.82) is 0 Å². The first-order chi connectivity index (χ1) is 18.4. The van der Waals surface area contributed by atoms with E-state index in [1.54, 1.807) is 9.96 Å². The molecular weight excluding hydrogens is 526 g/mol. The monoisotopic (exact) mass is 557 g/mol. The Labute approximate surface area is 231 Å². The molecule has 3 heterocycles. The van der Waals surface area contributed by atoms with E-state index < -0.39 is 12.1 Å². The molecule has 11 heteroatoms. The Kier molecular flexibility index (Phi) is 8.30. The normalized spacial score (nSPS) is 22.3. The van der Waals surface area contributed by atoms with E-state index in [1.165, 1.54) is 5.56 Å². The van der Waals surface area contributed by atoms with Gasteiger partial charge in [0.15, 0.2) is 0 Å². The Balaban J connectivity index is 1.06. The maximum Gasteiger partial charge on any atom is 0.430 e. The van der Waals surface area contributed by atoms with Crippen molar-refractivity contribution in [3.8, 4) is 0 Å². The molecule has 0 bridgehead atoms. The first-order valence-electron chi connectivity index (χ1n) is 12.9. The van der Waals surface area contributed by atoms with Gasteiger partial charge in [-0.15, -0.1) is 5.06 Å². The van der Waals surface area contributed by atoms with Crippen LogP contribution in [-0.2, 0) is 9.63 Å². The summed E-state index contributed by atoms with van der Waals surface area (Å²) in [5.41, 5.74) is 2.95. The zero-order valence-corrected chi connectivity index (χ0v) is 22.8. The molecule has 0 aliphatic carbocycles. The second kappa shape index (κ2) is 11.8. The van der Waals surface area contributed by atoms with Crippen molar-refractivity contribution in [2.75, 3.05) is 49.2 Å². The van der Waals surface area contributed by atoms with E-state index in [9.17, 15) is 14.4 Å². The SMILES string of the molecule is CN(C(=O)C1CSC(=O)N1)C1CCN(c2ccc(NC(=O)ON3CCC(c4ccc(Cl)cc4)CC3)cc2)C1. The van der Waals surface area contributed by atoms with Crippen LogP contribution in [0.25, 0.3) is 0 Å². The lowest BCUT2D eigenvalue weighted by Gasteiger charge is -2.30. The van der Waals surface area contributed by atoms with Gasteiger partial charge in [0, 0.05) is 55.4 Å². The number of thioether (sulfide) groups is 1. The predicted octanol–water partition coefficient (Wildman–Crippen LogP) is 4.55. The number of amides is 3. The molecule has 2 atom stereocenters. The van der Waals surface area contributed by atoms with Crippen molar-refractivity contribution in [3.63, 3.8) is 0 Å². The fourth-order valence-corrected chi connectivity index (χ4v) is 6.16. The van der Waals surface area contributed by atoms with Crippen LogP contribution in [0.1, 0.15) is 30.7 Å². The van der Waals surface area contributed by atoms with Crippen LogP contribution < -0.4 is 15.5 Å². The summed E-state index contributed by atoms with van der Waals surface area (Å²) in [6, 6.07) is 15.3. The van der Waals surface area contributed by atoms with Crippen LogP contribution in [0, 0.1) is 0 Å². The minimum atomic E-state index is -0.499. The van der Waals surface area contributed by atoms with E-state index in [-0.39, 0.29) is 17.2 Å². The Morgan fingerprint density at radius 1 is 1.05 bits per heavy atom. The van der Waals surface area contributed by atoms with E-state index in [4.69, 9.17) is 16.4 Å². The number of carbonyl (C=O) groups is 3. The highest BCUT2D eigenvalue weighted by Crippen LogP contribution is 2.29. The lowest BCUT2D eigenvalue weighted by Crippen LogP contribution is -2.48. The highest BCUT2D eigenvalue weighted by atomic mass is 35.5. The van der Waals surface area contributed by atoms with E-state index in [0.29, 0.717) is 30.4 Å². The molecule has 0 radical (unpaired) electrons. The molecule has 2 aromatic carbocycles. The number of nitrogens with zero attached hydrogens (tertiary/aromatic N) is 3. The standard InChI is InChI=1S/C27H32ClN5O4S/c1-31(25(34)24-17-38-27(36)30-24)23-12-13-32(16-23)22-8-6-21(7-9-22)29-26(35)37-33-14-10-19(11-15-33)18-2-4-20(28)5-3-18/h2-9,19,23-24H,10-17H2,1H3,(H,29,35)(H,30,36). The lowest BCUT2D eigenvalue weighted by atomic mass is 9.90. The highest BCUT2D eigenvalue weighted by Gasteiger charge is 2.35. The number of nitrogens with one attached hydrogen (secondary N) is 2. The molecule has 3 aliphatic heterocycles. The first kappa shape index (κ1) is 26.6. The zero-order valence-electron chi connectivity index (χ0n) is 21.3.